The van der Waals surface area contributed by atoms with Crippen molar-refractivity contribution in [3.8, 4) is 34.5 Å². The molecule has 1 atom stereocenters. The highest BCUT2D eigenvalue weighted by Gasteiger charge is 2.23. The molecule has 30 heavy (non-hydrogen) atoms. The van der Waals surface area contributed by atoms with Gasteiger partial charge in [0, 0.05) is 30.7 Å². The van der Waals surface area contributed by atoms with Crippen LogP contribution in [0.4, 0.5) is 0 Å². The first-order chi connectivity index (χ1) is 14.5. The Morgan fingerprint density at radius 2 is 1.63 bits per heavy atom. The summed E-state index contributed by atoms with van der Waals surface area (Å²) in [6, 6.07) is 9.60. The van der Waals surface area contributed by atoms with Crippen LogP contribution in [0.2, 0.25) is 0 Å². The molecule has 0 aliphatic carbocycles. The normalized spacial score (nSPS) is 14.4. The average Bonchev–Trinajstić information content (AvgIpc) is 3.14. The molecule has 3 rings (SSSR count). The minimum absolute atomic E-state index is 0.303. The van der Waals surface area contributed by atoms with Crippen molar-refractivity contribution in [3.05, 3.63) is 48.6 Å². The summed E-state index contributed by atoms with van der Waals surface area (Å²) in [5, 5.41) is 0. The third-order valence-electron chi connectivity index (χ3n) is 4.05. The van der Waals surface area contributed by atoms with Gasteiger partial charge in [-0.3, -0.25) is 4.79 Å². The molecule has 8 heteroatoms. The van der Waals surface area contributed by atoms with Gasteiger partial charge in [0.1, 0.15) is 11.5 Å². The van der Waals surface area contributed by atoms with Gasteiger partial charge in [0.15, 0.2) is 23.0 Å². The molecule has 0 N–H and O–H groups in total. The van der Waals surface area contributed by atoms with E-state index >= 15 is 0 Å². The summed E-state index contributed by atoms with van der Waals surface area (Å²) < 4.78 is 32.0. The van der Waals surface area contributed by atoms with Gasteiger partial charge in [-0.25, -0.2) is 4.79 Å². The van der Waals surface area contributed by atoms with Gasteiger partial charge in [0.05, 0.1) is 14.2 Å². The number of esters is 2. The van der Waals surface area contributed by atoms with Gasteiger partial charge in [-0.15, -0.1) is 0 Å². The van der Waals surface area contributed by atoms with E-state index in [4.69, 9.17) is 28.4 Å². The van der Waals surface area contributed by atoms with E-state index in [1.807, 2.05) is 6.92 Å². The van der Waals surface area contributed by atoms with Crippen LogP contribution >= 0.6 is 0 Å². The average molecular weight is 414 g/mol. The van der Waals surface area contributed by atoms with Crippen LogP contribution in [0.25, 0.3) is 0 Å². The van der Waals surface area contributed by atoms with E-state index in [2.05, 4.69) is 0 Å². The lowest BCUT2D eigenvalue weighted by molar-refractivity contribution is -0.134. The van der Waals surface area contributed by atoms with Crippen LogP contribution in [-0.4, -0.2) is 32.4 Å². The van der Waals surface area contributed by atoms with Gasteiger partial charge >= 0.3 is 11.9 Å². The van der Waals surface area contributed by atoms with Crippen molar-refractivity contribution in [1.29, 1.82) is 0 Å². The molecule has 8 nitrogen and oxygen atoms in total. The summed E-state index contributed by atoms with van der Waals surface area (Å²) in [5.41, 5.74) is 0. The smallest absolute Gasteiger partial charge is 0.336 e. The third kappa shape index (κ3) is 5.22. The van der Waals surface area contributed by atoms with Crippen molar-refractivity contribution >= 4 is 11.9 Å². The Morgan fingerprint density at radius 3 is 2.37 bits per heavy atom. The Balaban J connectivity index is 1.57. The number of hydrogen-bond acceptors (Lipinski definition) is 8. The Kier molecular flexibility index (Phi) is 6.79. The zero-order valence-corrected chi connectivity index (χ0v) is 16.9. The summed E-state index contributed by atoms with van der Waals surface area (Å²) in [6.07, 6.45) is 2.86. The minimum Gasteiger partial charge on any atom is -0.493 e. The number of rotatable bonds is 8. The van der Waals surface area contributed by atoms with Gasteiger partial charge in [-0.05, 0) is 30.7 Å². The molecule has 1 heterocycles. The molecule has 0 fully saturated rings. The maximum atomic E-state index is 12.1. The Morgan fingerprint density at radius 1 is 0.933 bits per heavy atom. The van der Waals surface area contributed by atoms with E-state index in [9.17, 15) is 9.59 Å². The fourth-order valence-electron chi connectivity index (χ4n) is 2.67. The van der Waals surface area contributed by atoms with Crippen molar-refractivity contribution in [2.75, 3.05) is 14.2 Å². The summed E-state index contributed by atoms with van der Waals surface area (Å²) in [4.78, 5) is 23.7. The van der Waals surface area contributed by atoms with Crippen LogP contribution in [0.15, 0.2) is 48.6 Å². The van der Waals surface area contributed by atoms with Gasteiger partial charge in [0.2, 0.25) is 0 Å². The second-order valence-electron chi connectivity index (χ2n) is 6.23. The molecule has 1 unspecified atom stereocenters. The molecule has 0 radical (unpaired) electrons. The van der Waals surface area contributed by atoms with E-state index in [0.29, 0.717) is 47.3 Å². The number of methoxy groups -OCH3 is 2. The maximum Gasteiger partial charge on any atom is 0.336 e. The van der Waals surface area contributed by atoms with Crippen LogP contribution in [0.3, 0.4) is 0 Å². The number of carbonyl (C=O) groups is 2. The third-order valence-corrected chi connectivity index (χ3v) is 4.05. The molecular weight excluding hydrogens is 392 g/mol. The van der Waals surface area contributed by atoms with Gasteiger partial charge in [-0.2, -0.15) is 0 Å². The molecule has 0 spiro atoms. The first kappa shape index (κ1) is 21.0. The van der Waals surface area contributed by atoms with Gasteiger partial charge < -0.3 is 28.4 Å². The van der Waals surface area contributed by atoms with Crippen LogP contribution in [0.5, 0.6) is 34.5 Å². The van der Waals surface area contributed by atoms with Gasteiger partial charge in [0.25, 0.3) is 6.29 Å². The Bertz CT molecular complexity index is 950. The van der Waals surface area contributed by atoms with Crippen molar-refractivity contribution in [2.45, 2.75) is 26.1 Å². The summed E-state index contributed by atoms with van der Waals surface area (Å²) in [5.74, 6) is 1.61. The number of ether oxygens (including phenoxy) is 6. The van der Waals surface area contributed by atoms with Crippen molar-refractivity contribution < 1.29 is 38.0 Å². The minimum atomic E-state index is -0.806. The number of fused-ring (bicyclic) bond motifs is 1. The predicted molar refractivity (Wildman–Crippen MR) is 106 cm³/mol. The second kappa shape index (κ2) is 9.69. The molecule has 158 valence electrons. The SMILES string of the molecule is CCCC(=O)Oc1ccc2c(c1)OC(C=CC(=O)Oc1ccc(OC)c(OC)c1)O2. The Labute approximate surface area is 173 Å². The first-order valence-electron chi connectivity index (χ1n) is 9.32. The summed E-state index contributed by atoms with van der Waals surface area (Å²) in [7, 11) is 3.01. The highest BCUT2D eigenvalue weighted by molar-refractivity contribution is 5.84. The van der Waals surface area contributed by atoms with E-state index in [1.165, 1.54) is 26.4 Å². The van der Waals surface area contributed by atoms with E-state index in [-0.39, 0.29) is 5.97 Å². The first-order valence-corrected chi connectivity index (χ1v) is 9.32. The van der Waals surface area contributed by atoms with Crippen LogP contribution in [0, 0.1) is 0 Å². The summed E-state index contributed by atoms with van der Waals surface area (Å²) in [6.45, 7) is 1.90. The lowest BCUT2D eigenvalue weighted by Crippen LogP contribution is -2.15. The van der Waals surface area contributed by atoms with Crippen molar-refractivity contribution in [3.63, 3.8) is 0 Å². The monoisotopic (exact) mass is 414 g/mol. The molecule has 0 bridgehead atoms. The Hall–Kier alpha value is -3.68. The number of benzene rings is 2. The molecule has 2 aromatic carbocycles. The van der Waals surface area contributed by atoms with Crippen molar-refractivity contribution in [2.24, 2.45) is 0 Å². The highest BCUT2D eigenvalue weighted by Crippen LogP contribution is 2.38. The van der Waals surface area contributed by atoms with E-state index < -0.39 is 12.3 Å². The fourth-order valence-corrected chi connectivity index (χ4v) is 2.67. The van der Waals surface area contributed by atoms with Crippen molar-refractivity contribution in [1.82, 2.24) is 0 Å². The highest BCUT2D eigenvalue weighted by atomic mass is 16.7. The van der Waals surface area contributed by atoms with E-state index in [0.717, 1.165) is 0 Å². The lowest BCUT2D eigenvalue weighted by Gasteiger charge is -2.09. The molecule has 0 saturated heterocycles. The largest absolute Gasteiger partial charge is 0.493 e. The molecule has 0 aromatic heterocycles. The standard InChI is InChI=1S/C22H22O8/c1-4-5-20(23)27-15-7-9-17-19(13-15)30-22(29-17)11-10-21(24)28-14-6-8-16(25-2)18(12-14)26-3/h6-13,22H,4-5H2,1-3H3. The lowest BCUT2D eigenvalue weighted by atomic mass is 10.3. The van der Waals surface area contributed by atoms with Crippen LogP contribution < -0.4 is 28.4 Å². The van der Waals surface area contributed by atoms with E-state index in [1.54, 1.807) is 36.4 Å². The fraction of sp³-hybridized carbons (Fsp3) is 0.273. The van der Waals surface area contributed by atoms with Crippen LogP contribution in [0.1, 0.15) is 19.8 Å². The maximum absolute atomic E-state index is 12.1. The molecular formula is C22H22O8. The zero-order valence-electron chi connectivity index (χ0n) is 16.9. The van der Waals surface area contributed by atoms with Crippen LogP contribution in [-0.2, 0) is 9.59 Å². The topological polar surface area (TPSA) is 89.5 Å². The quantitative estimate of drug-likeness (QED) is 0.367. The molecule has 0 saturated carbocycles. The molecule has 1 aliphatic heterocycles. The predicted octanol–water partition coefficient (Wildman–Crippen LogP) is 3.67. The molecule has 1 aliphatic rings. The second-order valence-corrected chi connectivity index (χ2v) is 6.23. The molecule has 0 amide bonds. The number of hydrogen-bond donors (Lipinski definition) is 0. The zero-order chi connectivity index (χ0) is 21.5. The molecule has 2 aromatic rings. The summed E-state index contributed by atoms with van der Waals surface area (Å²) >= 11 is 0. The van der Waals surface area contributed by atoms with Gasteiger partial charge in [-0.1, -0.05) is 6.92 Å². The number of carbonyl (C=O) groups excluding carboxylic acids is 2.